The number of hydrogen-bond acceptors (Lipinski definition) is 4. The van der Waals surface area contributed by atoms with E-state index in [2.05, 4.69) is 17.1 Å². The lowest BCUT2D eigenvalue weighted by atomic mass is 10.1. The van der Waals surface area contributed by atoms with Crippen molar-refractivity contribution in [2.75, 3.05) is 11.9 Å². The minimum Gasteiger partial charge on any atom is -0.369 e. The van der Waals surface area contributed by atoms with E-state index in [0.29, 0.717) is 12.0 Å². The van der Waals surface area contributed by atoms with Crippen molar-refractivity contribution in [3.05, 3.63) is 24.0 Å². The van der Waals surface area contributed by atoms with Crippen LogP contribution in [0.1, 0.15) is 18.9 Å². The van der Waals surface area contributed by atoms with Gasteiger partial charge in [-0.1, -0.05) is 0 Å². The van der Waals surface area contributed by atoms with Crippen LogP contribution in [0.5, 0.6) is 0 Å². The molecule has 0 saturated heterocycles. The summed E-state index contributed by atoms with van der Waals surface area (Å²) in [6, 6.07) is 5.97. The van der Waals surface area contributed by atoms with Crippen LogP contribution in [0.4, 0.5) is 5.69 Å². The van der Waals surface area contributed by atoms with Crippen LogP contribution in [-0.2, 0) is 0 Å². The Morgan fingerprint density at radius 2 is 2.27 bits per heavy atom. The van der Waals surface area contributed by atoms with Gasteiger partial charge in [-0.05, 0) is 13.0 Å². The summed E-state index contributed by atoms with van der Waals surface area (Å²) in [4.78, 5) is 5.88. The molecular weight excluding hydrogens is 188 g/mol. The first kappa shape index (κ1) is 11.0. The van der Waals surface area contributed by atoms with Crippen LogP contribution in [0.3, 0.4) is 0 Å². The van der Waals surface area contributed by atoms with Crippen molar-refractivity contribution < 1.29 is 0 Å². The normalized spacial score (nSPS) is 11.2. The summed E-state index contributed by atoms with van der Waals surface area (Å²) in [5.74, 6) is 0. The fourth-order valence-electron chi connectivity index (χ4n) is 1.27. The van der Waals surface area contributed by atoms with Crippen LogP contribution >= 0.6 is 0 Å². The van der Waals surface area contributed by atoms with Crippen molar-refractivity contribution in [2.24, 2.45) is 0 Å². The molecule has 76 valence electrons. The summed E-state index contributed by atoms with van der Waals surface area (Å²) in [6.45, 7) is 1.94. The lowest BCUT2D eigenvalue weighted by molar-refractivity contribution is 0.700. The van der Waals surface area contributed by atoms with Gasteiger partial charge in [0.05, 0.1) is 29.9 Å². The van der Waals surface area contributed by atoms with Crippen molar-refractivity contribution in [1.29, 1.82) is 10.5 Å². The first-order valence-corrected chi connectivity index (χ1v) is 4.64. The van der Waals surface area contributed by atoms with Crippen LogP contribution in [0.15, 0.2) is 18.5 Å². The van der Waals surface area contributed by atoms with Gasteiger partial charge < -0.3 is 4.90 Å². The van der Waals surface area contributed by atoms with Gasteiger partial charge in [-0.15, -0.1) is 0 Å². The molecule has 1 atom stereocenters. The van der Waals surface area contributed by atoms with Crippen LogP contribution in [-0.4, -0.2) is 18.1 Å². The molecule has 0 aromatic carbocycles. The van der Waals surface area contributed by atoms with E-state index >= 15 is 0 Å². The summed E-state index contributed by atoms with van der Waals surface area (Å²) in [5, 5.41) is 17.5. The number of nitriles is 2. The van der Waals surface area contributed by atoms with E-state index in [9.17, 15) is 0 Å². The maximum atomic E-state index is 8.91. The van der Waals surface area contributed by atoms with E-state index in [0.717, 1.165) is 5.69 Å². The molecule has 4 heteroatoms. The van der Waals surface area contributed by atoms with Gasteiger partial charge in [-0.3, -0.25) is 4.98 Å². The molecule has 15 heavy (non-hydrogen) atoms. The summed E-state index contributed by atoms with van der Waals surface area (Å²) < 4.78 is 0. The fourth-order valence-corrected chi connectivity index (χ4v) is 1.27. The first-order valence-electron chi connectivity index (χ1n) is 4.64. The van der Waals surface area contributed by atoms with E-state index in [-0.39, 0.29) is 6.04 Å². The number of nitrogens with zero attached hydrogens (tertiary/aromatic N) is 4. The third-order valence-corrected chi connectivity index (χ3v) is 2.35. The standard InChI is InChI=1S/C11H12N4/c1-9(3-5-12)15(2)11-8-14-6-4-10(11)7-13/h4,6,8-9H,3H2,1-2H3. The monoisotopic (exact) mass is 200 g/mol. The Bertz CT molecular complexity index is 413. The number of pyridine rings is 1. The predicted octanol–water partition coefficient (Wildman–Crippen LogP) is 1.69. The molecule has 1 aromatic heterocycles. The van der Waals surface area contributed by atoms with Crippen LogP contribution in [0.25, 0.3) is 0 Å². The molecule has 4 nitrogen and oxygen atoms in total. The molecule has 1 aromatic rings. The van der Waals surface area contributed by atoms with Crippen LogP contribution < -0.4 is 4.90 Å². The van der Waals surface area contributed by atoms with E-state index in [1.165, 1.54) is 0 Å². The number of rotatable bonds is 3. The van der Waals surface area contributed by atoms with Crippen LogP contribution in [0.2, 0.25) is 0 Å². The minimum atomic E-state index is 0.0753. The molecular formula is C11H12N4. The highest BCUT2D eigenvalue weighted by atomic mass is 15.1. The summed E-state index contributed by atoms with van der Waals surface area (Å²) in [7, 11) is 1.86. The number of aromatic nitrogens is 1. The molecule has 0 N–H and O–H groups in total. The topological polar surface area (TPSA) is 63.7 Å². The molecule has 0 bridgehead atoms. The molecule has 0 amide bonds. The van der Waals surface area contributed by atoms with Crippen molar-refractivity contribution in [2.45, 2.75) is 19.4 Å². The van der Waals surface area contributed by atoms with Gasteiger partial charge in [-0.25, -0.2) is 0 Å². The zero-order valence-electron chi connectivity index (χ0n) is 8.81. The third kappa shape index (κ3) is 2.45. The summed E-state index contributed by atoms with van der Waals surface area (Å²) in [5.41, 5.74) is 1.35. The average molecular weight is 200 g/mol. The highest BCUT2D eigenvalue weighted by Crippen LogP contribution is 2.19. The van der Waals surface area contributed by atoms with Gasteiger partial charge in [0, 0.05) is 19.3 Å². The smallest absolute Gasteiger partial charge is 0.101 e. The fraction of sp³-hybridized carbons (Fsp3) is 0.364. The maximum Gasteiger partial charge on any atom is 0.101 e. The van der Waals surface area contributed by atoms with Gasteiger partial charge in [0.2, 0.25) is 0 Å². The zero-order valence-corrected chi connectivity index (χ0v) is 8.81. The van der Waals surface area contributed by atoms with E-state index in [1.807, 2.05) is 18.9 Å². The van der Waals surface area contributed by atoms with Gasteiger partial charge in [-0.2, -0.15) is 10.5 Å². The molecule has 0 aliphatic carbocycles. The van der Waals surface area contributed by atoms with Crippen LogP contribution in [0, 0.1) is 22.7 Å². The number of hydrogen-bond donors (Lipinski definition) is 0. The molecule has 0 fully saturated rings. The second kappa shape index (κ2) is 4.97. The Morgan fingerprint density at radius 3 is 2.87 bits per heavy atom. The first-order chi connectivity index (χ1) is 7.20. The molecule has 0 saturated carbocycles. The zero-order chi connectivity index (χ0) is 11.3. The van der Waals surface area contributed by atoms with Gasteiger partial charge in [0.1, 0.15) is 6.07 Å². The maximum absolute atomic E-state index is 8.91. The Kier molecular flexibility index (Phi) is 3.65. The lowest BCUT2D eigenvalue weighted by Crippen LogP contribution is -2.29. The highest BCUT2D eigenvalue weighted by molar-refractivity contribution is 5.57. The molecule has 1 heterocycles. The van der Waals surface area contributed by atoms with Gasteiger partial charge >= 0.3 is 0 Å². The van der Waals surface area contributed by atoms with Crippen molar-refractivity contribution in [3.8, 4) is 12.1 Å². The highest BCUT2D eigenvalue weighted by Gasteiger charge is 2.12. The second-order valence-electron chi connectivity index (χ2n) is 3.33. The quantitative estimate of drug-likeness (QED) is 0.744. The Balaban J connectivity index is 2.97. The molecule has 1 unspecified atom stereocenters. The largest absolute Gasteiger partial charge is 0.369 e. The van der Waals surface area contributed by atoms with Gasteiger partial charge in [0.15, 0.2) is 0 Å². The molecule has 0 aliphatic rings. The lowest BCUT2D eigenvalue weighted by Gasteiger charge is -2.25. The van der Waals surface area contributed by atoms with E-state index < -0.39 is 0 Å². The minimum absolute atomic E-state index is 0.0753. The molecule has 0 aliphatic heterocycles. The number of anilines is 1. The van der Waals surface area contributed by atoms with E-state index in [1.54, 1.807) is 18.5 Å². The average Bonchev–Trinajstić information content (AvgIpc) is 2.28. The molecule has 1 rings (SSSR count). The summed E-state index contributed by atoms with van der Waals surface area (Å²) >= 11 is 0. The van der Waals surface area contributed by atoms with Gasteiger partial charge in [0.25, 0.3) is 0 Å². The Labute approximate surface area is 89.4 Å². The molecule has 0 spiro atoms. The SMILES string of the molecule is CC(CC#N)N(C)c1cnccc1C#N. The predicted molar refractivity (Wildman–Crippen MR) is 57.0 cm³/mol. The van der Waals surface area contributed by atoms with Crippen molar-refractivity contribution >= 4 is 5.69 Å². The van der Waals surface area contributed by atoms with E-state index in [4.69, 9.17) is 10.5 Å². The summed E-state index contributed by atoms with van der Waals surface area (Å²) in [6.07, 6.45) is 3.66. The van der Waals surface area contributed by atoms with Crippen molar-refractivity contribution in [1.82, 2.24) is 4.98 Å². The third-order valence-electron chi connectivity index (χ3n) is 2.35. The van der Waals surface area contributed by atoms with Crippen molar-refractivity contribution in [3.63, 3.8) is 0 Å². The second-order valence-corrected chi connectivity index (χ2v) is 3.33. The Hall–Kier alpha value is -2.07. The Morgan fingerprint density at radius 1 is 1.53 bits per heavy atom. The molecule has 0 radical (unpaired) electrons.